The summed E-state index contributed by atoms with van der Waals surface area (Å²) >= 11 is 1.71. The van der Waals surface area contributed by atoms with Crippen molar-refractivity contribution in [1.82, 2.24) is 10.2 Å². The van der Waals surface area contributed by atoms with Crippen LogP contribution in [0.1, 0.15) is 29.7 Å². The van der Waals surface area contributed by atoms with Gasteiger partial charge in [-0.2, -0.15) is 0 Å². The summed E-state index contributed by atoms with van der Waals surface area (Å²) in [6, 6.07) is 11.3. The van der Waals surface area contributed by atoms with Gasteiger partial charge in [-0.05, 0) is 67.4 Å². The molecule has 1 saturated carbocycles. The van der Waals surface area contributed by atoms with Crippen molar-refractivity contribution < 1.29 is 9.47 Å². The van der Waals surface area contributed by atoms with Crippen molar-refractivity contribution in [3.05, 3.63) is 46.2 Å². The second-order valence-electron chi connectivity index (χ2n) is 7.36. The van der Waals surface area contributed by atoms with Crippen LogP contribution in [0.15, 0.2) is 35.7 Å². The first-order valence-electron chi connectivity index (χ1n) is 9.58. The molecular weight excluding hydrogens is 344 g/mol. The Kier molecular flexibility index (Phi) is 5.78. The van der Waals surface area contributed by atoms with E-state index in [0.717, 1.165) is 36.5 Å². The first-order valence-corrected chi connectivity index (χ1v) is 10.5. The lowest BCUT2D eigenvalue weighted by Crippen LogP contribution is -2.27. The third-order valence-corrected chi connectivity index (χ3v) is 6.17. The summed E-state index contributed by atoms with van der Waals surface area (Å²) in [6.07, 6.45) is 4.17. The van der Waals surface area contributed by atoms with Gasteiger partial charge in [-0.1, -0.05) is 12.1 Å². The summed E-state index contributed by atoms with van der Waals surface area (Å²) in [5.41, 5.74) is 1.24. The number of hydrogen-bond acceptors (Lipinski definition) is 5. The summed E-state index contributed by atoms with van der Waals surface area (Å²) < 4.78 is 11.4. The van der Waals surface area contributed by atoms with Gasteiger partial charge < -0.3 is 19.7 Å². The SMILES string of the molecule is COc1cc(CNCC2CCN(C3CC3)C2)ccc1OCc1cccs1. The molecule has 1 aromatic carbocycles. The number of methoxy groups -OCH3 is 1. The molecule has 4 nitrogen and oxygen atoms in total. The lowest BCUT2D eigenvalue weighted by atomic mass is 10.1. The Labute approximate surface area is 160 Å². The third kappa shape index (κ3) is 4.58. The summed E-state index contributed by atoms with van der Waals surface area (Å²) in [4.78, 5) is 3.89. The summed E-state index contributed by atoms with van der Waals surface area (Å²) in [5, 5.41) is 5.70. The molecule has 140 valence electrons. The van der Waals surface area contributed by atoms with Gasteiger partial charge in [0.05, 0.1) is 7.11 Å². The van der Waals surface area contributed by atoms with E-state index in [1.54, 1.807) is 18.4 Å². The van der Waals surface area contributed by atoms with Crippen LogP contribution in [0.4, 0.5) is 0 Å². The zero-order chi connectivity index (χ0) is 17.8. The van der Waals surface area contributed by atoms with Gasteiger partial charge in [0.15, 0.2) is 11.5 Å². The van der Waals surface area contributed by atoms with Crippen molar-refractivity contribution in [1.29, 1.82) is 0 Å². The number of likely N-dealkylation sites (tertiary alicyclic amines) is 1. The Hall–Kier alpha value is -1.56. The molecular formula is C21H28N2O2S. The largest absolute Gasteiger partial charge is 0.493 e. The highest BCUT2D eigenvalue weighted by atomic mass is 32.1. The van der Waals surface area contributed by atoms with Crippen LogP contribution in [-0.4, -0.2) is 37.7 Å². The second kappa shape index (κ2) is 8.42. The summed E-state index contributed by atoms with van der Waals surface area (Å²) in [7, 11) is 1.70. The number of benzene rings is 1. The maximum atomic E-state index is 5.91. The molecule has 0 spiro atoms. The zero-order valence-corrected chi connectivity index (χ0v) is 16.3. The molecule has 4 rings (SSSR count). The molecule has 2 aromatic rings. The standard InChI is InChI=1S/C21H28N2O2S/c1-24-21-11-16(4-7-20(21)25-15-19-3-2-10-26-19)12-22-13-17-8-9-23(14-17)18-5-6-18/h2-4,7,10-11,17-18,22H,5-6,8-9,12-15H2,1H3. The molecule has 0 amide bonds. The van der Waals surface area contributed by atoms with Gasteiger partial charge in [0, 0.05) is 24.0 Å². The molecule has 1 atom stereocenters. The monoisotopic (exact) mass is 372 g/mol. The summed E-state index contributed by atoms with van der Waals surface area (Å²) in [6.45, 7) is 5.13. The van der Waals surface area contributed by atoms with Gasteiger partial charge in [-0.3, -0.25) is 0 Å². The van der Waals surface area contributed by atoms with Crippen molar-refractivity contribution >= 4 is 11.3 Å². The van der Waals surface area contributed by atoms with Crippen molar-refractivity contribution in [2.45, 2.75) is 38.5 Å². The van der Waals surface area contributed by atoms with Gasteiger partial charge in [0.2, 0.25) is 0 Å². The molecule has 1 saturated heterocycles. The number of ether oxygens (including phenoxy) is 2. The van der Waals surface area contributed by atoms with E-state index < -0.39 is 0 Å². The maximum absolute atomic E-state index is 5.91. The van der Waals surface area contributed by atoms with Crippen LogP contribution in [0.3, 0.4) is 0 Å². The van der Waals surface area contributed by atoms with Crippen LogP contribution >= 0.6 is 11.3 Å². The van der Waals surface area contributed by atoms with E-state index in [1.165, 1.54) is 42.8 Å². The Morgan fingerprint density at radius 3 is 2.88 bits per heavy atom. The van der Waals surface area contributed by atoms with Gasteiger partial charge in [0.1, 0.15) is 6.61 Å². The fourth-order valence-electron chi connectivity index (χ4n) is 3.71. The molecule has 1 aliphatic carbocycles. The molecule has 26 heavy (non-hydrogen) atoms. The van der Waals surface area contributed by atoms with E-state index in [4.69, 9.17) is 9.47 Å². The van der Waals surface area contributed by atoms with Crippen molar-refractivity contribution in [2.24, 2.45) is 5.92 Å². The minimum Gasteiger partial charge on any atom is -0.493 e. The fourth-order valence-corrected chi connectivity index (χ4v) is 4.32. The fraction of sp³-hybridized carbons (Fsp3) is 0.524. The van der Waals surface area contributed by atoms with Crippen LogP contribution in [0, 0.1) is 5.92 Å². The molecule has 2 fully saturated rings. The summed E-state index contributed by atoms with van der Waals surface area (Å²) in [5.74, 6) is 2.41. The average Bonchev–Trinajstić information content (AvgIpc) is 3.18. The van der Waals surface area contributed by atoms with Crippen LogP contribution in [0.5, 0.6) is 11.5 Å². The van der Waals surface area contributed by atoms with E-state index in [-0.39, 0.29) is 0 Å². The number of thiophene rings is 1. The smallest absolute Gasteiger partial charge is 0.161 e. The molecule has 0 bridgehead atoms. The first-order chi connectivity index (χ1) is 12.8. The molecule has 1 aliphatic heterocycles. The molecule has 2 heterocycles. The van der Waals surface area contributed by atoms with E-state index >= 15 is 0 Å². The normalized spacial score (nSPS) is 20.4. The minimum absolute atomic E-state index is 0.588. The van der Waals surface area contributed by atoms with E-state index in [0.29, 0.717) is 6.61 Å². The highest BCUT2D eigenvalue weighted by molar-refractivity contribution is 7.09. The predicted molar refractivity (Wildman–Crippen MR) is 106 cm³/mol. The van der Waals surface area contributed by atoms with Crippen LogP contribution in [-0.2, 0) is 13.2 Å². The number of rotatable bonds is 9. The van der Waals surface area contributed by atoms with E-state index in [9.17, 15) is 0 Å². The molecule has 5 heteroatoms. The predicted octanol–water partition coefficient (Wildman–Crippen LogP) is 3.91. The maximum Gasteiger partial charge on any atom is 0.161 e. The van der Waals surface area contributed by atoms with Crippen LogP contribution < -0.4 is 14.8 Å². The molecule has 2 aliphatic rings. The number of nitrogens with zero attached hydrogens (tertiary/aromatic N) is 1. The van der Waals surface area contributed by atoms with E-state index in [1.807, 2.05) is 12.1 Å². The van der Waals surface area contributed by atoms with Gasteiger partial charge >= 0.3 is 0 Å². The van der Waals surface area contributed by atoms with Crippen molar-refractivity contribution in [3.63, 3.8) is 0 Å². The second-order valence-corrected chi connectivity index (χ2v) is 8.40. The van der Waals surface area contributed by atoms with Crippen molar-refractivity contribution in [3.8, 4) is 11.5 Å². The van der Waals surface area contributed by atoms with Crippen LogP contribution in [0.25, 0.3) is 0 Å². The molecule has 1 N–H and O–H groups in total. The Morgan fingerprint density at radius 2 is 2.12 bits per heavy atom. The molecule has 1 unspecified atom stereocenters. The Morgan fingerprint density at radius 1 is 1.19 bits per heavy atom. The van der Waals surface area contributed by atoms with E-state index in [2.05, 4.69) is 33.8 Å². The minimum atomic E-state index is 0.588. The first kappa shape index (κ1) is 17.8. The average molecular weight is 373 g/mol. The number of hydrogen-bond donors (Lipinski definition) is 1. The highest BCUT2D eigenvalue weighted by Crippen LogP contribution is 2.32. The molecule has 1 aromatic heterocycles. The van der Waals surface area contributed by atoms with Gasteiger partial charge in [-0.15, -0.1) is 11.3 Å². The van der Waals surface area contributed by atoms with Crippen molar-refractivity contribution in [2.75, 3.05) is 26.7 Å². The zero-order valence-electron chi connectivity index (χ0n) is 15.4. The van der Waals surface area contributed by atoms with Gasteiger partial charge in [0.25, 0.3) is 0 Å². The highest BCUT2D eigenvalue weighted by Gasteiger charge is 2.33. The topological polar surface area (TPSA) is 33.7 Å². The van der Waals surface area contributed by atoms with Crippen LogP contribution in [0.2, 0.25) is 0 Å². The number of nitrogens with one attached hydrogen (secondary N) is 1. The quantitative estimate of drug-likeness (QED) is 0.724. The third-order valence-electron chi connectivity index (χ3n) is 5.32. The Bertz CT molecular complexity index is 700. The lowest BCUT2D eigenvalue weighted by Gasteiger charge is -2.15. The lowest BCUT2D eigenvalue weighted by molar-refractivity contribution is 0.287. The Balaban J connectivity index is 1.25. The van der Waals surface area contributed by atoms with Gasteiger partial charge in [-0.25, -0.2) is 0 Å². The molecule has 0 radical (unpaired) electrons.